The van der Waals surface area contributed by atoms with Gasteiger partial charge < -0.3 is 16.8 Å². The maximum absolute atomic E-state index is 11.0. The highest BCUT2D eigenvalue weighted by atomic mass is 16.2. The molecule has 1 aliphatic carbocycles. The van der Waals surface area contributed by atoms with E-state index in [2.05, 4.69) is 5.32 Å². The Morgan fingerprint density at radius 3 is 2.60 bits per heavy atom. The van der Waals surface area contributed by atoms with Crippen LogP contribution in [0.5, 0.6) is 0 Å². The van der Waals surface area contributed by atoms with Crippen LogP contribution in [0, 0.1) is 0 Å². The molecule has 4 nitrogen and oxygen atoms in total. The number of rotatable bonds is 3. The highest BCUT2D eigenvalue weighted by Crippen LogP contribution is 2.31. The summed E-state index contributed by atoms with van der Waals surface area (Å²) in [6.07, 6.45) is 1.62. The first-order valence-corrected chi connectivity index (χ1v) is 3.46. The Bertz CT molecular complexity index is 142. The van der Waals surface area contributed by atoms with Gasteiger partial charge >= 0.3 is 0 Å². The minimum Gasteiger partial charge on any atom is -0.353 e. The van der Waals surface area contributed by atoms with Crippen molar-refractivity contribution in [2.24, 2.45) is 11.5 Å². The van der Waals surface area contributed by atoms with Crippen LogP contribution in [-0.2, 0) is 4.79 Å². The van der Waals surface area contributed by atoms with Gasteiger partial charge in [-0.3, -0.25) is 4.79 Å². The monoisotopic (exact) mass is 143 g/mol. The maximum atomic E-state index is 11.0. The van der Waals surface area contributed by atoms with Gasteiger partial charge in [-0.2, -0.15) is 0 Å². The van der Waals surface area contributed by atoms with Crippen LogP contribution in [0.1, 0.15) is 12.8 Å². The van der Waals surface area contributed by atoms with Crippen LogP contribution in [0.2, 0.25) is 0 Å². The third-order valence-electron chi connectivity index (χ3n) is 1.67. The summed E-state index contributed by atoms with van der Waals surface area (Å²) in [6, 6.07) is 0. The molecule has 0 aromatic carbocycles. The zero-order chi connectivity index (χ0) is 7.61. The highest BCUT2D eigenvalue weighted by molar-refractivity contribution is 5.88. The molecule has 0 atom stereocenters. The van der Waals surface area contributed by atoms with Crippen molar-refractivity contribution in [3.8, 4) is 0 Å². The quantitative estimate of drug-likeness (QED) is 0.452. The number of hydrogen-bond acceptors (Lipinski definition) is 3. The molecular formula is C6H13N3O. The van der Waals surface area contributed by atoms with Crippen LogP contribution >= 0.6 is 0 Å². The smallest absolute Gasteiger partial charge is 0.240 e. The molecule has 1 fully saturated rings. The number of nitrogens with two attached hydrogens (primary N) is 2. The van der Waals surface area contributed by atoms with E-state index in [0.29, 0.717) is 13.1 Å². The molecule has 1 amide bonds. The number of nitrogens with one attached hydrogen (secondary N) is 1. The first kappa shape index (κ1) is 7.50. The molecule has 5 N–H and O–H groups in total. The average Bonchev–Trinajstić information content (AvgIpc) is 2.64. The van der Waals surface area contributed by atoms with Crippen molar-refractivity contribution in [1.82, 2.24) is 5.32 Å². The standard InChI is InChI=1S/C6H13N3O/c7-3-4-9-5(10)6(8)1-2-6/h1-4,7-8H2,(H,9,10). The third kappa shape index (κ3) is 1.46. The molecule has 0 saturated heterocycles. The van der Waals surface area contributed by atoms with Gasteiger partial charge in [0.05, 0.1) is 5.54 Å². The molecule has 1 rings (SSSR count). The van der Waals surface area contributed by atoms with Gasteiger partial charge in [-0.25, -0.2) is 0 Å². The van der Waals surface area contributed by atoms with Crippen molar-refractivity contribution in [3.63, 3.8) is 0 Å². The van der Waals surface area contributed by atoms with Crippen molar-refractivity contribution < 1.29 is 4.79 Å². The Morgan fingerprint density at radius 1 is 1.60 bits per heavy atom. The second-order valence-corrected chi connectivity index (χ2v) is 2.70. The van der Waals surface area contributed by atoms with Crippen molar-refractivity contribution >= 4 is 5.91 Å². The normalized spacial score (nSPS) is 20.2. The second-order valence-electron chi connectivity index (χ2n) is 2.70. The van der Waals surface area contributed by atoms with Crippen LogP contribution in [0.15, 0.2) is 0 Å². The van der Waals surface area contributed by atoms with Gasteiger partial charge in [0.2, 0.25) is 5.91 Å². The van der Waals surface area contributed by atoms with E-state index in [9.17, 15) is 4.79 Å². The molecule has 1 aliphatic rings. The molecule has 0 spiro atoms. The molecule has 0 aliphatic heterocycles. The predicted molar refractivity (Wildman–Crippen MR) is 38.2 cm³/mol. The van der Waals surface area contributed by atoms with Gasteiger partial charge in [-0.05, 0) is 12.8 Å². The van der Waals surface area contributed by atoms with E-state index in [-0.39, 0.29) is 5.91 Å². The summed E-state index contributed by atoms with van der Waals surface area (Å²) in [5, 5.41) is 2.65. The lowest BCUT2D eigenvalue weighted by molar-refractivity contribution is -0.123. The van der Waals surface area contributed by atoms with Gasteiger partial charge in [0.1, 0.15) is 0 Å². The summed E-state index contributed by atoms with van der Waals surface area (Å²) < 4.78 is 0. The Balaban J connectivity index is 2.22. The fraction of sp³-hybridized carbons (Fsp3) is 0.833. The average molecular weight is 143 g/mol. The summed E-state index contributed by atoms with van der Waals surface area (Å²) in [5.41, 5.74) is 10.2. The Hall–Kier alpha value is -0.610. The van der Waals surface area contributed by atoms with Gasteiger partial charge in [0.25, 0.3) is 0 Å². The van der Waals surface area contributed by atoms with Crippen LogP contribution in [0.4, 0.5) is 0 Å². The van der Waals surface area contributed by atoms with E-state index < -0.39 is 5.54 Å². The zero-order valence-electron chi connectivity index (χ0n) is 5.89. The molecule has 58 valence electrons. The molecule has 0 radical (unpaired) electrons. The summed E-state index contributed by atoms with van der Waals surface area (Å²) in [5.74, 6) is -0.0575. The lowest BCUT2D eigenvalue weighted by Crippen LogP contribution is -2.44. The second kappa shape index (κ2) is 2.56. The number of amides is 1. The predicted octanol–water partition coefficient (Wildman–Crippen LogP) is -1.45. The lowest BCUT2D eigenvalue weighted by Gasteiger charge is -2.07. The van der Waals surface area contributed by atoms with E-state index >= 15 is 0 Å². The van der Waals surface area contributed by atoms with Crippen molar-refractivity contribution in [2.45, 2.75) is 18.4 Å². The fourth-order valence-corrected chi connectivity index (χ4v) is 0.723. The van der Waals surface area contributed by atoms with Gasteiger partial charge in [-0.15, -0.1) is 0 Å². The van der Waals surface area contributed by atoms with E-state index in [1.807, 2.05) is 0 Å². The Kier molecular flexibility index (Phi) is 1.92. The van der Waals surface area contributed by atoms with Crippen LogP contribution in [-0.4, -0.2) is 24.5 Å². The van der Waals surface area contributed by atoms with Crippen LogP contribution in [0.25, 0.3) is 0 Å². The maximum Gasteiger partial charge on any atom is 0.240 e. The minimum absolute atomic E-state index is 0.0575. The molecule has 0 aromatic heterocycles. The Morgan fingerprint density at radius 2 is 2.20 bits per heavy atom. The third-order valence-corrected chi connectivity index (χ3v) is 1.67. The highest BCUT2D eigenvalue weighted by Gasteiger charge is 2.45. The molecule has 0 unspecified atom stereocenters. The largest absolute Gasteiger partial charge is 0.353 e. The van der Waals surface area contributed by atoms with E-state index in [1.165, 1.54) is 0 Å². The van der Waals surface area contributed by atoms with Crippen LogP contribution < -0.4 is 16.8 Å². The van der Waals surface area contributed by atoms with Crippen molar-refractivity contribution in [1.29, 1.82) is 0 Å². The van der Waals surface area contributed by atoms with Gasteiger partial charge in [-0.1, -0.05) is 0 Å². The van der Waals surface area contributed by atoms with Gasteiger partial charge in [0, 0.05) is 13.1 Å². The van der Waals surface area contributed by atoms with Gasteiger partial charge in [0.15, 0.2) is 0 Å². The molecule has 1 saturated carbocycles. The van der Waals surface area contributed by atoms with Crippen LogP contribution in [0.3, 0.4) is 0 Å². The molecular weight excluding hydrogens is 130 g/mol. The topological polar surface area (TPSA) is 81.1 Å². The molecule has 10 heavy (non-hydrogen) atoms. The molecule has 4 heteroatoms. The first-order valence-electron chi connectivity index (χ1n) is 3.46. The lowest BCUT2D eigenvalue weighted by atomic mass is 10.3. The SMILES string of the molecule is NCCNC(=O)C1(N)CC1. The Labute approximate surface area is 59.9 Å². The summed E-state index contributed by atoms with van der Waals surface area (Å²) in [6.45, 7) is 1.000. The number of carbonyl (C=O) groups excluding carboxylic acids is 1. The number of hydrogen-bond donors (Lipinski definition) is 3. The zero-order valence-corrected chi connectivity index (χ0v) is 5.89. The molecule has 0 aromatic rings. The summed E-state index contributed by atoms with van der Waals surface area (Å²) >= 11 is 0. The van der Waals surface area contributed by atoms with Crippen molar-refractivity contribution in [2.75, 3.05) is 13.1 Å². The fourth-order valence-electron chi connectivity index (χ4n) is 0.723. The van der Waals surface area contributed by atoms with E-state index in [0.717, 1.165) is 12.8 Å². The van der Waals surface area contributed by atoms with E-state index in [1.54, 1.807) is 0 Å². The minimum atomic E-state index is -0.546. The first-order chi connectivity index (χ1) is 4.69. The van der Waals surface area contributed by atoms with E-state index in [4.69, 9.17) is 11.5 Å². The molecule has 0 heterocycles. The molecule has 0 bridgehead atoms. The summed E-state index contributed by atoms with van der Waals surface area (Å²) in [4.78, 5) is 11.0. The number of carbonyl (C=O) groups is 1. The summed E-state index contributed by atoms with van der Waals surface area (Å²) in [7, 11) is 0. The van der Waals surface area contributed by atoms with Crippen molar-refractivity contribution in [3.05, 3.63) is 0 Å².